The molecule has 4 rings (SSSR count). The molecule has 0 aliphatic carbocycles. The second-order valence-electron chi connectivity index (χ2n) is 5.31. The Bertz CT molecular complexity index is 608. The standard InChI is InChI=1S/C15H16N2O2/c18-14-8-19-6-5-12(14)15-11-4-2-1-3-10(11)13-7-16-9-17(13)15/h1-4,7,9,12,14-15,18H,5-6,8H2/t12-,14-,15?/m1/s1. The molecule has 2 aromatic rings. The number of aromatic nitrogens is 2. The Morgan fingerprint density at radius 1 is 1.32 bits per heavy atom. The largest absolute Gasteiger partial charge is 0.390 e. The summed E-state index contributed by atoms with van der Waals surface area (Å²) in [7, 11) is 0. The first-order valence-electron chi connectivity index (χ1n) is 6.73. The molecule has 3 atom stereocenters. The molecule has 0 radical (unpaired) electrons. The SMILES string of the molecule is O[C@@H]1COCC[C@H]1C1c2ccccc2-c2cncn21. The van der Waals surface area contributed by atoms with Gasteiger partial charge in [0, 0.05) is 18.1 Å². The van der Waals surface area contributed by atoms with Crippen molar-refractivity contribution in [2.24, 2.45) is 5.92 Å². The molecule has 0 amide bonds. The van der Waals surface area contributed by atoms with E-state index in [9.17, 15) is 5.11 Å². The van der Waals surface area contributed by atoms with Gasteiger partial charge in [0.05, 0.1) is 37.0 Å². The lowest BCUT2D eigenvalue weighted by Gasteiger charge is -2.33. The van der Waals surface area contributed by atoms with Crippen LogP contribution in [0, 0.1) is 5.92 Å². The number of hydrogen-bond acceptors (Lipinski definition) is 3. The molecule has 2 aliphatic rings. The smallest absolute Gasteiger partial charge is 0.0956 e. The van der Waals surface area contributed by atoms with Crippen LogP contribution in [0.4, 0.5) is 0 Å². The van der Waals surface area contributed by atoms with Crippen LogP contribution in [0.5, 0.6) is 0 Å². The van der Waals surface area contributed by atoms with Crippen molar-refractivity contribution in [2.75, 3.05) is 13.2 Å². The zero-order valence-electron chi connectivity index (χ0n) is 10.6. The van der Waals surface area contributed by atoms with Gasteiger partial charge in [-0.25, -0.2) is 4.98 Å². The molecule has 0 spiro atoms. The highest BCUT2D eigenvalue weighted by molar-refractivity contribution is 5.69. The first kappa shape index (κ1) is 11.2. The summed E-state index contributed by atoms with van der Waals surface area (Å²) in [5.41, 5.74) is 3.69. The molecule has 0 bridgehead atoms. The van der Waals surface area contributed by atoms with Crippen molar-refractivity contribution >= 4 is 0 Å². The molecular formula is C15H16N2O2. The number of imidazole rings is 1. The molecule has 1 saturated heterocycles. The van der Waals surface area contributed by atoms with Crippen molar-refractivity contribution in [2.45, 2.75) is 18.6 Å². The highest BCUT2D eigenvalue weighted by Gasteiger charge is 2.38. The molecule has 2 aliphatic heterocycles. The first-order chi connectivity index (χ1) is 9.36. The van der Waals surface area contributed by atoms with E-state index in [-0.39, 0.29) is 12.0 Å². The van der Waals surface area contributed by atoms with E-state index in [0.29, 0.717) is 6.61 Å². The molecule has 0 saturated carbocycles. The Hall–Kier alpha value is -1.65. The number of nitrogens with zero attached hydrogens (tertiary/aromatic N) is 2. The zero-order valence-corrected chi connectivity index (χ0v) is 10.6. The van der Waals surface area contributed by atoms with Crippen LogP contribution in [0.1, 0.15) is 18.0 Å². The molecule has 1 aromatic carbocycles. The van der Waals surface area contributed by atoms with Crippen LogP contribution in [-0.4, -0.2) is 34.0 Å². The third-order valence-corrected chi connectivity index (χ3v) is 4.31. The van der Waals surface area contributed by atoms with E-state index < -0.39 is 6.10 Å². The average molecular weight is 256 g/mol. The van der Waals surface area contributed by atoms with Crippen LogP contribution >= 0.6 is 0 Å². The number of rotatable bonds is 1. The van der Waals surface area contributed by atoms with Gasteiger partial charge in [-0.05, 0) is 12.0 Å². The van der Waals surface area contributed by atoms with E-state index >= 15 is 0 Å². The van der Waals surface area contributed by atoms with Gasteiger partial charge in [-0.15, -0.1) is 0 Å². The van der Waals surface area contributed by atoms with Gasteiger partial charge in [0.25, 0.3) is 0 Å². The van der Waals surface area contributed by atoms with E-state index in [4.69, 9.17) is 4.74 Å². The third-order valence-electron chi connectivity index (χ3n) is 4.31. The molecule has 1 fully saturated rings. The molecule has 1 N–H and O–H groups in total. The number of hydrogen-bond donors (Lipinski definition) is 1. The monoisotopic (exact) mass is 256 g/mol. The number of aliphatic hydroxyl groups is 1. The summed E-state index contributed by atoms with van der Waals surface area (Å²) >= 11 is 0. The van der Waals surface area contributed by atoms with Crippen LogP contribution in [-0.2, 0) is 4.74 Å². The second kappa shape index (κ2) is 4.18. The van der Waals surface area contributed by atoms with Gasteiger partial charge in [0.1, 0.15) is 0 Å². The molecule has 3 heterocycles. The topological polar surface area (TPSA) is 47.3 Å². The Kier molecular flexibility index (Phi) is 2.47. The van der Waals surface area contributed by atoms with E-state index in [1.165, 1.54) is 11.1 Å². The predicted octanol–water partition coefficient (Wildman–Crippen LogP) is 1.85. The van der Waals surface area contributed by atoms with Gasteiger partial charge < -0.3 is 14.4 Å². The zero-order chi connectivity index (χ0) is 12.8. The summed E-state index contributed by atoms with van der Waals surface area (Å²) in [5, 5.41) is 10.3. The van der Waals surface area contributed by atoms with Gasteiger partial charge in [-0.3, -0.25) is 0 Å². The maximum absolute atomic E-state index is 10.3. The van der Waals surface area contributed by atoms with Crippen LogP contribution in [0.25, 0.3) is 11.3 Å². The van der Waals surface area contributed by atoms with Gasteiger partial charge in [0.2, 0.25) is 0 Å². The van der Waals surface area contributed by atoms with Gasteiger partial charge >= 0.3 is 0 Å². The lowest BCUT2D eigenvalue weighted by atomic mass is 9.85. The highest BCUT2D eigenvalue weighted by atomic mass is 16.5. The highest BCUT2D eigenvalue weighted by Crippen LogP contribution is 2.45. The summed E-state index contributed by atoms with van der Waals surface area (Å²) in [6.07, 6.45) is 4.27. The van der Waals surface area contributed by atoms with Gasteiger partial charge in [-0.2, -0.15) is 0 Å². The first-order valence-corrected chi connectivity index (χ1v) is 6.73. The quantitative estimate of drug-likeness (QED) is 0.847. The van der Waals surface area contributed by atoms with Crippen molar-refractivity contribution < 1.29 is 9.84 Å². The fraction of sp³-hybridized carbons (Fsp3) is 0.400. The average Bonchev–Trinajstić information content (AvgIpc) is 3.00. The van der Waals surface area contributed by atoms with Crippen molar-refractivity contribution in [1.82, 2.24) is 9.55 Å². The fourth-order valence-electron chi connectivity index (χ4n) is 3.42. The molecule has 4 heteroatoms. The number of ether oxygens (including phenoxy) is 1. The van der Waals surface area contributed by atoms with Crippen molar-refractivity contribution in [1.29, 1.82) is 0 Å². The van der Waals surface area contributed by atoms with Crippen molar-refractivity contribution in [3.05, 3.63) is 42.4 Å². The van der Waals surface area contributed by atoms with Gasteiger partial charge in [-0.1, -0.05) is 24.3 Å². The summed E-state index contributed by atoms with van der Waals surface area (Å²) in [5.74, 6) is 0.199. The van der Waals surface area contributed by atoms with Crippen LogP contribution in [0.15, 0.2) is 36.8 Å². The Morgan fingerprint density at radius 3 is 3.11 bits per heavy atom. The molecular weight excluding hydrogens is 240 g/mol. The van der Waals surface area contributed by atoms with Gasteiger partial charge in [0.15, 0.2) is 0 Å². The van der Waals surface area contributed by atoms with E-state index in [0.717, 1.165) is 18.7 Å². The summed E-state index contributed by atoms with van der Waals surface area (Å²) < 4.78 is 7.55. The Morgan fingerprint density at radius 2 is 2.21 bits per heavy atom. The van der Waals surface area contributed by atoms with Crippen molar-refractivity contribution in [3.63, 3.8) is 0 Å². The van der Waals surface area contributed by atoms with E-state index in [1.807, 2.05) is 12.5 Å². The number of fused-ring (bicyclic) bond motifs is 3. The Labute approximate surface area is 111 Å². The summed E-state index contributed by atoms with van der Waals surface area (Å²) in [4.78, 5) is 4.26. The van der Waals surface area contributed by atoms with Crippen LogP contribution < -0.4 is 0 Å². The van der Waals surface area contributed by atoms with E-state index in [2.05, 4.69) is 33.8 Å². The minimum Gasteiger partial charge on any atom is -0.390 e. The fourth-order valence-corrected chi connectivity index (χ4v) is 3.42. The number of benzene rings is 1. The maximum atomic E-state index is 10.3. The second-order valence-corrected chi connectivity index (χ2v) is 5.31. The lowest BCUT2D eigenvalue weighted by molar-refractivity contribution is -0.0540. The third kappa shape index (κ3) is 1.57. The van der Waals surface area contributed by atoms with Crippen molar-refractivity contribution in [3.8, 4) is 11.3 Å². The van der Waals surface area contributed by atoms with E-state index in [1.54, 1.807) is 0 Å². The summed E-state index contributed by atoms with van der Waals surface area (Å²) in [6, 6.07) is 8.60. The Balaban J connectivity index is 1.84. The maximum Gasteiger partial charge on any atom is 0.0956 e. The molecule has 1 aromatic heterocycles. The minimum absolute atomic E-state index is 0.188. The molecule has 1 unspecified atom stereocenters. The lowest BCUT2D eigenvalue weighted by Crippen LogP contribution is -2.37. The molecule has 4 nitrogen and oxygen atoms in total. The molecule has 19 heavy (non-hydrogen) atoms. The number of aliphatic hydroxyl groups excluding tert-OH is 1. The van der Waals surface area contributed by atoms with Crippen LogP contribution in [0.3, 0.4) is 0 Å². The predicted molar refractivity (Wildman–Crippen MR) is 70.7 cm³/mol. The minimum atomic E-state index is -0.403. The summed E-state index contributed by atoms with van der Waals surface area (Å²) in [6.45, 7) is 1.16. The van der Waals surface area contributed by atoms with Crippen LogP contribution in [0.2, 0.25) is 0 Å². The normalized spacial score (nSPS) is 29.0. The molecule has 98 valence electrons.